The van der Waals surface area contributed by atoms with Gasteiger partial charge in [-0.25, -0.2) is 0 Å². The van der Waals surface area contributed by atoms with Gasteiger partial charge in [-0.15, -0.1) is 0 Å². The highest BCUT2D eigenvalue weighted by molar-refractivity contribution is 7.99. The Labute approximate surface area is 130 Å². The molecule has 2 aromatic carbocycles. The van der Waals surface area contributed by atoms with Crippen LogP contribution in [0.4, 0.5) is 0 Å². The highest BCUT2D eigenvalue weighted by Gasteiger charge is 2.15. The van der Waals surface area contributed by atoms with Crippen molar-refractivity contribution in [3.63, 3.8) is 0 Å². The quantitative estimate of drug-likeness (QED) is 0.844. The monoisotopic (exact) mass is 305 g/mol. The van der Waals surface area contributed by atoms with Crippen LogP contribution in [0.2, 0.25) is 5.02 Å². The second-order valence-electron chi connectivity index (χ2n) is 5.08. The van der Waals surface area contributed by atoms with Crippen LogP contribution in [-0.4, -0.2) is 5.25 Å². The van der Waals surface area contributed by atoms with Gasteiger partial charge < -0.3 is 5.73 Å². The molecule has 0 fully saturated rings. The Morgan fingerprint density at radius 3 is 2.25 bits per heavy atom. The molecule has 20 heavy (non-hydrogen) atoms. The van der Waals surface area contributed by atoms with Crippen LogP contribution in [0.1, 0.15) is 29.7 Å². The fraction of sp³-hybridized carbons (Fsp3) is 0.294. The van der Waals surface area contributed by atoms with Crippen molar-refractivity contribution >= 4 is 23.4 Å². The summed E-state index contributed by atoms with van der Waals surface area (Å²) in [5.41, 5.74) is 10.1. The Kier molecular flexibility index (Phi) is 5.53. The number of aryl methyl sites for hydroxylation is 1. The van der Waals surface area contributed by atoms with Crippen LogP contribution in [0.25, 0.3) is 0 Å². The summed E-state index contributed by atoms with van der Waals surface area (Å²) in [7, 11) is 0. The minimum absolute atomic E-state index is 0.0629. The van der Waals surface area contributed by atoms with E-state index in [9.17, 15) is 0 Å². The Balaban J connectivity index is 1.92. The van der Waals surface area contributed by atoms with E-state index < -0.39 is 0 Å². The smallest absolute Gasteiger partial charge is 0.0412 e. The molecule has 0 aliphatic rings. The van der Waals surface area contributed by atoms with E-state index in [0.717, 1.165) is 10.8 Å². The van der Waals surface area contributed by atoms with Crippen LogP contribution in [0.5, 0.6) is 0 Å². The number of rotatable bonds is 5. The van der Waals surface area contributed by atoms with Gasteiger partial charge in [-0.3, -0.25) is 0 Å². The van der Waals surface area contributed by atoms with Gasteiger partial charge in [0, 0.05) is 22.1 Å². The third kappa shape index (κ3) is 4.27. The first-order valence-corrected chi connectivity index (χ1v) is 8.17. The Hall–Kier alpha value is -0.960. The Bertz CT molecular complexity index is 536. The SMILES string of the molecule is Cc1ccc(C(N)C(C)SCc2ccc(Cl)cc2)cc1. The minimum Gasteiger partial charge on any atom is -0.323 e. The highest BCUT2D eigenvalue weighted by Crippen LogP contribution is 2.27. The lowest BCUT2D eigenvalue weighted by molar-refractivity contribution is 0.714. The zero-order valence-electron chi connectivity index (χ0n) is 11.8. The number of thioether (sulfide) groups is 1. The van der Waals surface area contributed by atoms with Gasteiger partial charge in [0.25, 0.3) is 0 Å². The summed E-state index contributed by atoms with van der Waals surface area (Å²) in [4.78, 5) is 0. The average molecular weight is 306 g/mol. The van der Waals surface area contributed by atoms with Gasteiger partial charge in [-0.05, 0) is 30.2 Å². The van der Waals surface area contributed by atoms with Crippen LogP contribution >= 0.6 is 23.4 Å². The zero-order valence-corrected chi connectivity index (χ0v) is 13.4. The summed E-state index contributed by atoms with van der Waals surface area (Å²) in [5, 5.41) is 1.15. The van der Waals surface area contributed by atoms with Crippen molar-refractivity contribution in [1.29, 1.82) is 0 Å². The van der Waals surface area contributed by atoms with Gasteiger partial charge in [0.15, 0.2) is 0 Å². The normalized spacial score (nSPS) is 14.0. The predicted molar refractivity (Wildman–Crippen MR) is 90.3 cm³/mol. The molecule has 0 saturated carbocycles. The van der Waals surface area contributed by atoms with Gasteiger partial charge in [0.1, 0.15) is 0 Å². The van der Waals surface area contributed by atoms with E-state index >= 15 is 0 Å². The van der Waals surface area contributed by atoms with Crippen molar-refractivity contribution in [2.75, 3.05) is 0 Å². The maximum Gasteiger partial charge on any atom is 0.0412 e. The summed E-state index contributed by atoms with van der Waals surface area (Å²) in [6.07, 6.45) is 0. The van der Waals surface area contributed by atoms with Crippen molar-refractivity contribution in [2.45, 2.75) is 30.9 Å². The lowest BCUT2D eigenvalue weighted by atomic mass is 10.0. The van der Waals surface area contributed by atoms with Crippen molar-refractivity contribution in [1.82, 2.24) is 0 Å². The van der Waals surface area contributed by atoms with Crippen LogP contribution < -0.4 is 5.73 Å². The van der Waals surface area contributed by atoms with Crippen molar-refractivity contribution in [3.05, 3.63) is 70.2 Å². The summed E-state index contributed by atoms with van der Waals surface area (Å²) in [6, 6.07) is 16.5. The number of nitrogens with two attached hydrogens (primary N) is 1. The Morgan fingerprint density at radius 2 is 1.65 bits per heavy atom. The highest BCUT2D eigenvalue weighted by atomic mass is 35.5. The van der Waals surface area contributed by atoms with Crippen molar-refractivity contribution in [3.8, 4) is 0 Å². The van der Waals surface area contributed by atoms with E-state index in [0.29, 0.717) is 5.25 Å². The molecule has 0 aromatic heterocycles. The molecule has 0 amide bonds. The third-order valence-corrected chi connectivity index (χ3v) is 4.97. The van der Waals surface area contributed by atoms with E-state index in [1.54, 1.807) is 0 Å². The molecule has 2 atom stereocenters. The van der Waals surface area contributed by atoms with Gasteiger partial charge in [0.05, 0.1) is 0 Å². The number of halogens is 1. The number of benzene rings is 2. The standard InChI is InChI=1S/C17H20ClNS/c1-12-3-7-15(8-4-12)17(19)13(2)20-11-14-5-9-16(18)10-6-14/h3-10,13,17H,11,19H2,1-2H3. The maximum absolute atomic E-state index is 6.33. The van der Waals surface area contributed by atoms with E-state index in [1.807, 2.05) is 23.9 Å². The van der Waals surface area contributed by atoms with E-state index in [1.165, 1.54) is 16.7 Å². The fourth-order valence-electron chi connectivity index (χ4n) is 1.97. The molecule has 0 heterocycles. The summed E-state index contributed by atoms with van der Waals surface area (Å²) >= 11 is 7.77. The summed E-state index contributed by atoms with van der Waals surface area (Å²) in [5.74, 6) is 0.956. The van der Waals surface area contributed by atoms with Crippen LogP contribution in [0, 0.1) is 6.92 Å². The van der Waals surface area contributed by atoms with Crippen LogP contribution in [0.3, 0.4) is 0 Å². The van der Waals surface area contributed by atoms with Gasteiger partial charge in [0.2, 0.25) is 0 Å². The lowest BCUT2D eigenvalue weighted by Gasteiger charge is -2.20. The van der Waals surface area contributed by atoms with Gasteiger partial charge >= 0.3 is 0 Å². The second-order valence-corrected chi connectivity index (χ2v) is 6.88. The second kappa shape index (κ2) is 7.16. The molecule has 0 bridgehead atoms. The topological polar surface area (TPSA) is 26.0 Å². The zero-order chi connectivity index (χ0) is 14.5. The molecule has 0 radical (unpaired) electrons. The molecule has 0 saturated heterocycles. The van der Waals surface area contributed by atoms with E-state index in [4.69, 9.17) is 17.3 Å². The Morgan fingerprint density at radius 1 is 1.05 bits per heavy atom. The van der Waals surface area contributed by atoms with E-state index in [2.05, 4.69) is 50.2 Å². The first-order chi connectivity index (χ1) is 9.56. The van der Waals surface area contributed by atoms with Gasteiger partial charge in [-0.2, -0.15) is 11.8 Å². The third-order valence-electron chi connectivity index (χ3n) is 3.39. The number of hydrogen-bond acceptors (Lipinski definition) is 2. The molecule has 2 aromatic rings. The molecule has 2 rings (SSSR count). The van der Waals surface area contributed by atoms with Gasteiger partial charge in [-0.1, -0.05) is 60.5 Å². The summed E-state index contributed by atoms with van der Waals surface area (Å²) < 4.78 is 0. The molecular weight excluding hydrogens is 286 g/mol. The largest absolute Gasteiger partial charge is 0.323 e. The first-order valence-electron chi connectivity index (χ1n) is 6.74. The van der Waals surface area contributed by atoms with Crippen molar-refractivity contribution in [2.24, 2.45) is 5.73 Å². The summed E-state index contributed by atoms with van der Waals surface area (Å²) in [6.45, 7) is 4.28. The molecule has 2 unspecified atom stereocenters. The molecule has 0 spiro atoms. The first kappa shape index (κ1) is 15.4. The molecule has 106 valence electrons. The average Bonchev–Trinajstić information content (AvgIpc) is 2.46. The molecule has 1 nitrogen and oxygen atoms in total. The lowest BCUT2D eigenvalue weighted by Crippen LogP contribution is -2.21. The fourth-order valence-corrected chi connectivity index (χ4v) is 3.11. The maximum atomic E-state index is 6.33. The molecular formula is C17H20ClNS. The molecule has 2 N–H and O–H groups in total. The molecule has 0 aliphatic heterocycles. The minimum atomic E-state index is 0.0629. The van der Waals surface area contributed by atoms with Crippen LogP contribution in [-0.2, 0) is 5.75 Å². The molecule has 3 heteroatoms. The molecule has 0 aliphatic carbocycles. The number of hydrogen-bond donors (Lipinski definition) is 1. The van der Waals surface area contributed by atoms with Crippen molar-refractivity contribution < 1.29 is 0 Å². The predicted octanol–water partition coefficient (Wildman–Crippen LogP) is 4.97. The van der Waals surface area contributed by atoms with Crippen LogP contribution in [0.15, 0.2) is 48.5 Å². The van der Waals surface area contributed by atoms with E-state index in [-0.39, 0.29) is 6.04 Å².